The molecule has 8 nitrogen and oxygen atoms in total. The van der Waals surface area contributed by atoms with Crippen molar-refractivity contribution in [1.82, 2.24) is 24.0 Å². The number of halogens is 1. The Morgan fingerprint density at radius 1 is 1.11 bits per heavy atom. The molecule has 3 aromatic heterocycles. The van der Waals surface area contributed by atoms with Gasteiger partial charge in [0.25, 0.3) is 0 Å². The van der Waals surface area contributed by atoms with Gasteiger partial charge in [0.2, 0.25) is 5.88 Å². The number of piperidine rings is 1. The maximum atomic E-state index is 15.4. The average Bonchev–Trinajstić information content (AvgIpc) is 3.01. The molecular weight excluding hydrogens is 447 g/mol. The summed E-state index contributed by atoms with van der Waals surface area (Å²) in [5.74, 6) is 0.156. The fourth-order valence-corrected chi connectivity index (χ4v) is 5.42. The smallest absolute Gasteiger partial charge is 0.328 e. The molecule has 4 aromatic rings. The van der Waals surface area contributed by atoms with Gasteiger partial charge in [0.15, 0.2) is 0 Å². The number of aromatic nitrogens is 4. The Balaban J connectivity index is 1.30. The third-order valence-electron chi connectivity index (χ3n) is 7.19. The van der Waals surface area contributed by atoms with Gasteiger partial charge in [-0.3, -0.25) is 14.1 Å². The van der Waals surface area contributed by atoms with Gasteiger partial charge < -0.3 is 15.0 Å². The highest BCUT2D eigenvalue weighted by Crippen LogP contribution is 2.40. The van der Waals surface area contributed by atoms with Gasteiger partial charge in [-0.15, -0.1) is 0 Å². The molecule has 9 heteroatoms. The quantitative estimate of drug-likeness (QED) is 0.427. The zero-order valence-electron chi connectivity index (χ0n) is 19.9. The summed E-state index contributed by atoms with van der Waals surface area (Å²) >= 11 is 0. The highest BCUT2D eigenvalue weighted by Gasteiger charge is 2.24. The minimum absolute atomic E-state index is 0.0988. The van der Waals surface area contributed by atoms with E-state index in [1.165, 1.54) is 38.4 Å². The first kappa shape index (κ1) is 22.0. The first-order valence-corrected chi connectivity index (χ1v) is 12.4. The van der Waals surface area contributed by atoms with E-state index in [1.54, 1.807) is 34.6 Å². The summed E-state index contributed by atoms with van der Waals surface area (Å²) in [5.41, 5.74) is 3.66. The maximum absolute atomic E-state index is 15.4. The van der Waals surface area contributed by atoms with E-state index in [-0.39, 0.29) is 11.5 Å². The number of pyridine rings is 2. The van der Waals surface area contributed by atoms with Crippen LogP contribution in [0.2, 0.25) is 0 Å². The van der Waals surface area contributed by atoms with Crippen LogP contribution in [0.15, 0.2) is 35.4 Å². The number of rotatable bonds is 6. The lowest BCUT2D eigenvalue weighted by Gasteiger charge is -2.26. The number of nitrogens with one attached hydrogen (secondary N) is 1. The minimum Gasteiger partial charge on any atom is -0.478 e. The van der Waals surface area contributed by atoms with Gasteiger partial charge in [-0.05, 0) is 38.4 Å². The van der Waals surface area contributed by atoms with Crippen LogP contribution < -0.4 is 15.7 Å². The fourth-order valence-electron chi connectivity index (χ4n) is 5.42. The zero-order valence-corrected chi connectivity index (χ0v) is 19.9. The Morgan fingerprint density at radius 3 is 2.77 bits per heavy atom. The van der Waals surface area contributed by atoms with Gasteiger partial charge in [0.1, 0.15) is 5.82 Å². The van der Waals surface area contributed by atoms with Gasteiger partial charge in [0, 0.05) is 56.1 Å². The molecule has 0 amide bonds. The number of ether oxygens (including phenoxy) is 1. The van der Waals surface area contributed by atoms with Crippen LogP contribution in [0.25, 0.3) is 33.1 Å². The lowest BCUT2D eigenvalue weighted by Crippen LogP contribution is -2.31. The summed E-state index contributed by atoms with van der Waals surface area (Å²) in [7, 11) is 1.74. The normalized spacial score (nSPS) is 16.1. The Hall–Kier alpha value is -3.46. The molecule has 1 saturated heterocycles. The molecular formula is C26H29FN6O2. The topological polar surface area (TPSA) is 77.2 Å². The molecule has 0 aliphatic carbocycles. The number of nitrogens with zero attached hydrogens (tertiary/aromatic N) is 5. The minimum atomic E-state index is -0.379. The van der Waals surface area contributed by atoms with E-state index in [2.05, 4.69) is 20.2 Å². The predicted octanol–water partition coefficient (Wildman–Crippen LogP) is 3.77. The lowest BCUT2D eigenvalue weighted by atomic mass is 10.00. The Morgan fingerprint density at radius 2 is 1.97 bits per heavy atom. The molecule has 35 heavy (non-hydrogen) atoms. The molecule has 2 aliphatic heterocycles. The largest absolute Gasteiger partial charge is 0.478 e. The van der Waals surface area contributed by atoms with E-state index in [0.29, 0.717) is 47.9 Å². The van der Waals surface area contributed by atoms with E-state index in [0.717, 1.165) is 29.4 Å². The molecule has 0 atom stereocenters. The third-order valence-corrected chi connectivity index (χ3v) is 7.19. The number of likely N-dealkylation sites (tertiary alicyclic amines) is 1. The van der Waals surface area contributed by atoms with E-state index >= 15 is 4.39 Å². The Bertz CT molecular complexity index is 1450. The highest BCUT2D eigenvalue weighted by atomic mass is 19.1. The van der Waals surface area contributed by atoms with Crippen molar-refractivity contribution in [2.24, 2.45) is 7.05 Å². The summed E-state index contributed by atoms with van der Waals surface area (Å²) < 4.78 is 24.6. The fraction of sp³-hybridized carbons (Fsp3) is 0.423. The van der Waals surface area contributed by atoms with Gasteiger partial charge >= 0.3 is 5.69 Å². The summed E-state index contributed by atoms with van der Waals surface area (Å²) in [6.45, 7) is 5.01. The SMILES string of the molecule is Cn1c(=O)n2c3c4c(c(-c5ccc(OCCCN6CCCCC6)nc5)c(F)cc4ncc31)NCC2. The average molecular weight is 477 g/mol. The molecule has 1 fully saturated rings. The second kappa shape index (κ2) is 8.96. The Labute approximate surface area is 202 Å². The van der Waals surface area contributed by atoms with Crippen LogP contribution >= 0.6 is 0 Å². The monoisotopic (exact) mass is 476 g/mol. The van der Waals surface area contributed by atoms with Crippen LogP contribution in [0, 0.1) is 5.82 Å². The van der Waals surface area contributed by atoms with Crippen molar-refractivity contribution in [3.05, 3.63) is 46.9 Å². The van der Waals surface area contributed by atoms with Crippen molar-refractivity contribution in [3.8, 4) is 17.0 Å². The van der Waals surface area contributed by atoms with Gasteiger partial charge in [0.05, 0.1) is 40.4 Å². The van der Waals surface area contributed by atoms with Gasteiger partial charge in [-0.1, -0.05) is 6.42 Å². The molecule has 0 bridgehead atoms. The van der Waals surface area contributed by atoms with Crippen LogP contribution in [0.1, 0.15) is 25.7 Å². The van der Waals surface area contributed by atoms with Crippen molar-refractivity contribution in [1.29, 1.82) is 0 Å². The molecule has 0 unspecified atom stereocenters. The summed E-state index contributed by atoms with van der Waals surface area (Å²) in [4.78, 5) is 24.2. The molecule has 2 aliphatic rings. The van der Waals surface area contributed by atoms with Crippen LogP contribution in [0.4, 0.5) is 10.1 Å². The summed E-state index contributed by atoms with van der Waals surface area (Å²) in [5, 5.41) is 4.11. The predicted molar refractivity (Wildman–Crippen MR) is 135 cm³/mol. The molecule has 0 spiro atoms. The molecule has 0 saturated carbocycles. The van der Waals surface area contributed by atoms with Gasteiger partial charge in [-0.25, -0.2) is 14.2 Å². The van der Waals surface area contributed by atoms with Crippen molar-refractivity contribution >= 4 is 27.6 Å². The van der Waals surface area contributed by atoms with E-state index in [4.69, 9.17) is 4.74 Å². The number of aryl methyl sites for hydroxylation is 1. The first-order valence-electron chi connectivity index (χ1n) is 12.4. The van der Waals surface area contributed by atoms with Crippen molar-refractivity contribution < 1.29 is 9.13 Å². The molecule has 6 rings (SSSR count). The highest BCUT2D eigenvalue weighted by molar-refractivity contribution is 6.13. The van der Waals surface area contributed by atoms with Crippen molar-refractivity contribution in [2.75, 3.05) is 38.1 Å². The summed E-state index contributed by atoms with van der Waals surface area (Å²) in [6, 6.07) is 5.07. The summed E-state index contributed by atoms with van der Waals surface area (Å²) in [6.07, 6.45) is 8.16. The van der Waals surface area contributed by atoms with E-state index < -0.39 is 0 Å². The molecule has 1 aromatic carbocycles. The van der Waals surface area contributed by atoms with E-state index in [1.807, 2.05) is 6.07 Å². The molecule has 1 N–H and O–H groups in total. The first-order chi connectivity index (χ1) is 17.1. The molecule has 182 valence electrons. The zero-order chi connectivity index (χ0) is 23.9. The number of anilines is 1. The lowest BCUT2D eigenvalue weighted by molar-refractivity contribution is 0.203. The van der Waals surface area contributed by atoms with Crippen LogP contribution in [-0.4, -0.2) is 56.8 Å². The number of imidazole rings is 1. The third kappa shape index (κ3) is 3.83. The van der Waals surface area contributed by atoms with Crippen molar-refractivity contribution in [3.63, 3.8) is 0 Å². The van der Waals surface area contributed by atoms with Crippen molar-refractivity contribution in [2.45, 2.75) is 32.2 Å². The Kier molecular flexibility index (Phi) is 5.64. The number of hydrogen-bond acceptors (Lipinski definition) is 6. The number of hydrogen-bond donors (Lipinski definition) is 1. The standard InChI is InChI=1S/C26H29FN6O2/c1-31-20-16-29-19-14-18(27)22(24-23(19)25(20)33(26(31)34)12-8-28-24)17-6-7-21(30-15-17)35-13-5-11-32-9-3-2-4-10-32/h6-7,14-16,28H,2-5,8-13H2,1H3. The van der Waals surface area contributed by atoms with Crippen LogP contribution in [0.3, 0.4) is 0 Å². The maximum Gasteiger partial charge on any atom is 0.328 e. The number of benzene rings is 1. The molecule has 0 radical (unpaired) electrons. The van der Waals surface area contributed by atoms with Crippen LogP contribution in [-0.2, 0) is 13.6 Å². The second-order valence-corrected chi connectivity index (χ2v) is 9.40. The van der Waals surface area contributed by atoms with Crippen LogP contribution in [0.5, 0.6) is 5.88 Å². The molecule has 5 heterocycles. The van der Waals surface area contributed by atoms with E-state index in [9.17, 15) is 4.79 Å². The second-order valence-electron chi connectivity index (χ2n) is 9.40. The van der Waals surface area contributed by atoms with Gasteiger partial charge in [-0.2, -0.15) is 0 Å².